The molecule has 0 bridgehead atoms. The topological polar surface area (TPSA) is 73.0 Å². The van der Waals surface area contributed by atoms with Gasteiger partial charge >= 0.3 is 0 Å². The normalized spacial score (nSPS) is 11.0. The highest BCUT2D eigenvalue weighted by Crippen LogP contribution is 2.19. The molecule has 0 radical (unpaired) electrons. The Hall–Kier alpha value is -2.34. The predicted octanol–water partition coefficient (Wildman–Crippen LogP) is 3.01. The zero-order valence-corrected chi connectivity index (χ0v) is 12.1. The molecule has 21 heavy (non-hydrogen) atoms. The van der Waals surface area contributed by atoms with Gasteiger partial charge in [0.1, 0.15) is 5.76 Å². The number of halogens is 1. The standard InChI is InChI=1S/C14H13ClN4O2/c1-9-6-13(18-21-9)17-14(20)4-5-19-12-7-11(15)3-2-10(12)8-16-19/h2-3,6-8H,4-5H2,1H3,(H,17,18,20). The molecule has 2 aromatic heterocycles. The molecule has 0 saturated carbocycles. The van der Waals surface area contributed by atoms with Crippen LogP contribution in [-0.2, 0) is 11.3 Å². The Bertz CT molecular complexity index is 793. The molecular formula is C14H13ClN4O2. The molecular weight excluding hydrogens is 292 g/mol. The molecule has 6 nitrogen and oxygen atoms in total. The van der Waals surface area contributed by atoms with Crippen molar-refractivity contribution in [1.29, 1.82) is 0 Å². The monoisotopic (exact) mass is 304 g/mol. The fourth-order valence-corrected chi connectivity index (χ4v) is 2.23. The molecule has 1 amide bonds. The minimum atomic E-state index is -0.144. The van der Waals surface area contributed by atoms with Gasteiger partial charge in [0.05, 0.1) is 18.3 Å². The molecule has 0 aliphatic rings. The molecule has 0 aliphatic heterocycles. The molecule has 0 saturated heterocycles. The summed E-state index contributed by atoms with van der Waals surface area (Å²) in [5.41, 5.74) is 0.910. The zero-order valence-electron chi connectivity index (χ0n) is 11.3. The molecule has 108 valence electrons. The molecule has 0 spiro atoms. The zero-order chi connectivity index (χ0) is 14.8. The summed E-state index contributed by atoms with van der Waals surface area (Å²) < 4.78 is 6.65. The Balaban J connectivity index is 1.66. The van der Waals surface area contributed by atoms with Crippen LogP contribution < -0.4 is 5.32 Å². The highest BCUT2D eigenvalue weighted by molar-refractivity contribution is 6.31. The Morgan fingerprint density at radius 1 is 1.43 bits per heavy atom. The second-order valence-corrected chi connectivity index (χ2v) is 5.13. The number of benzene rings is 1. The van der Waals surface area contributed by atoms with E-state index in [1.165, 1.54) is 0 Å². The number of hydrogen-bond acceptors (Lipinski definition) is 4. The third-order valence-electron chi connectivity index (χ3n) is 3.05. The lowest BCUT2D eigenvalue weighted by atomic mass is 10.2. The first-order valence-corrected chi connectivity index (χ1v) is 6.84. The van der Waals surface area contributed by atoms with Crippen molar-refractivity contribution in [2.24, 2.45) is 0 Å². The molecule has 3 rings (SSSR count). The van der Waals surface area contributed by atoms with E-state index in [2.05, 4.69) is 15.6 Å². The number of nitrogens with one attached hydrogen (secondary N) is 1. The number of fused-ring (bicyclic) bond motifs is 1. The maximum absolute atomic E-state index is 11.9. The van der Waals surface area contributed by atoms with Gasteiger partial charge in [-0.2, -0.15) is 5.10 Å². The third kappa shape index (κ3) is 3.05. The van der Waals surface area contributed by atoms with Crippen LogP contribution in [0.4, 0.5) is 5.82 Å². The average molecular weight is 305 g/mol. The number of amides is 1. The Morgan fingerprint density at radius 3 is 3.05 bits per heavy atom. The molecule has 0 atom stereocenters. The molecule has 3 aromatic rings. The van der Waals surface area contributed by atoms with Crippen LogP contribution in [0.1, 0.15) is 12.2 Å². The fraction of sp³-hybridized carbons (Fsp3) is 0.214. The smallest absolute Gasteiger partial charge is 0.227 e. The Morgan fingerprint density at radius 2 is 2.29 bits per heavy atom. The van der Waals surface area contributed by atoms with Crippen molar-refractivity contribution in [3.05, 3.63) is 41.2 Å². The van der Waals surface area contributed by atoms with E-state index in [9.17, 15) is 4.79 Å². The van der Waals surface area contributed by atoms with E-state index in [-0.39, 0.29) is 12.3 Å². The van der Waals surface area contributed by atoms with Crippen LogP contribution >= 0.6 is 11.6 Å². The SMILES string of the molecule is Cc1cc(NC(=O)CCn2ncc3ccc(Cl)cc32)no1. The van der Waals surface area contributed by atoms with Crippen molar-refractivity contribution < 1.29 is 9.32 Å². The summed E-state index contributed by atoms with van der Waals surface area (Å²) in [6.07, 6.45) is 2.04. The van der Waals surface area contributed by atoms with Gasteiger partial charge < -0.3 is 9.84 Å². The maximum atomic E-state index is 11.9. The number of rotatable bonds is 4. The number of carbonyl (C=O) groups is 1. The van der Waals surface area contributed by atoms with Crippen LogP contribution in [-0.4, -0.2) is 20.8 Å². The summed E-state index contributed by atoms with van der Waals surface area (Å²) in [4.78, 5) is 11.9. The predicted molar refractivity (Wildman–Crippen MR) is 79.2 cm³/mol. The van der Waals surface area contributed by atoms with Crippen LogP contribution in [0.2, 0.25) is 5.02 Å². The number of nitrogens with zero attached hydrogens (tertiary/aromatic N) is 3. The Labute approximate surface area is 125 Å². The summed E-state index contributed by atoms with van der Waals surface area (Å²) in [5.74, 6) is 0.929. The summed E-state index contributed by atoms with van der Waals surface area (Å²) in [7, 11) is 0. The van der Waals surface area contributed by atoms with E-state index >= 15 is 0 Å². The van der Waals surface area contributed by atoms with Crippen LogP contribution in [0.3, 0.4) is 0 Å². The van der Waals surface area contributed by atoms with Gasteiger partial charge in [-0.1, -0.05) is 16.8 Å². The Kier molecular flexibility index (Phi) is 3.62. The van der Waals surface area contributed by atoms with Crippen molar-refractivity contribution in [3.63, 3.8) is 0 Å². The minimum Gasteiger partial charge on any atom is -0.360 e. The van der Waals surface area contributed by atoms with Crippen LogP contribution in [0.25, 0.3) is 10.9 Å². The van der Waals surface area contributed by atoms with Crippen molar-refractivity contribution in [3.8, 4) is 0 Å². The number of aryl methyl sites for hydroxylation is 2. The van der Waals surface area contributed by atoms with Gasteiger partial charge in [0.25, 0.3) is 0 Å². The summed E-state index contributed by atoms with van der Waals surface area (Å²) in [5, 5.41) is 12.3. The van der Waals surface area contributed by atoms with E-state index in [1.54, 1.807) is 23.9 Å². The van der Waals surface area contributed by atoms with Crippen molar-refractivity contribution in [1.82, 2.24) is 14.9 Å². The maximum Gasteiger partial charge on any atom is 0.227 e. The first-order valence-electron chi connectivity index (χ1n) is 6.46. The molecule has 1 N–H and O–H groups in total. The number of aromatic nitrogens is 3. The van der Waals surface area contributed by atoms with Gasteiger partial charge in [-0.05, 0) is 25.1 Å². The molecule has 2 heterocycles. The van der Waals surface area contributed by atoms with Crippen LogP contribution in [0.15, 0.2) is 35.0 Å². The van der Waals surface area contributed by atoms with E-state index in [1.807, 2.05) is 18.2 Å². The molecule has 7 heteroatoms. The number of carbonyl (C=O) groups excluding carboxylic acids is 1. The molecule has 0 fully saturated rings. The highest BCUT2D eigenvalue weighted by Gasteiger charge is 2.08. The lowest BCUT2D eigenvalue weighted by molar-refractivity contribution is -0.116. The van der Waals surface area contributed by atoms with Gasteiger partial charge in [0, 0.05) is 22.9 Å². The van der Waals surface area contributed by atoms with Crippen molar-refractivity contribution >= 4 is 34.2 Å². The number of anilines is 1. The lowest BCUT2D eigenvalue weighted by Crippen LogP contribution is -2.15. The third-order valence-corrected chi connectivity index (χ3v) is 3.29. The largest absolute Gasteiger partial charge is 0.360 e. The quantitative estimate of drug-likeness (QED) is 0.804. The molecule has 1 aromatic carbocycles. The second-order valence-electron chi connectivity index (χ2n) is 4.69. The first kappa shape index (κ1) is 13.6. The fourth-order valence-electron chi connectivity index (χ4n) is 2.06. The average Bonchev–Trinajstić information content (AvgIpc) is 3.03. The summed E-state index contributed by atoms with van der Waals surface area (Å²) in [6, 6.07) is 7.22. The molecule has 0 aliphatic carbocycles. The van der Waals surface area contributed by atoms with Crippen molar-refractivity contribution in [2.45, 2.75) is 19.9 Å². The lowest BCUT2D eigenvalue weighted by Gasteiger charge is -2.04. The second kappa shape index (κ2) is 5.57. The summed E-state index contributed by atoms with van der Waals surface area (Å²) in [6.45, 7) is 2.23. The van der Waals surface area contributed by atoms with Crippen LogP contribution in [0.5, 0.6) is 0 Å². The van der Waals surface area contributed by atoms with Crippen molar-refractivity contribution in [2.75, 3.05) is 5.32 Å². The van der Waals surface area contributed by atoms with Gasteiger partial charge in [0.2, 0.25) is 5.91 Å². The van der Waals surface area contributed by atoms with Gasteiger partial charge in [-0.3, -0.25) is 9.48 Å². The van der Waals surface area contributed by atoms with E-state index in [0.717, 1.165) is 10.9 Å². The van der Waals surface area contributed by atoms with Gasteiger partial charge in [0.15, 0.2) is 5.82 Å². The minimum absolute atomic E-state index is 0.144. The highest BCUT2D eigenvalue weighted by atomic mass is 35.5. The van der Waals surface area contributed by atoms with E-state index in [0.29, 0.717) is 23.1 Å². The van der Waals surface area contributed by atoms with E-state index < -0.39 is 0 Å². The van der Waals surface area contributed by atoms with Gasteiger partial charge in [-0.15, -0.1) is 0 Å². The summed E-state index contributed by atoms with van der Waals surface area (Å²) >= 11 is 5.98. The van der Waals surface area contributed by atoms with E-state index in [4.69, 9.17) is 16.1 Å². The number of hydrogen-bond donors (Lipinski definition) is 1. The first-order chi connectivity index (χ1) is 10.1. The molecule has 0 unspecified atom stereocenters. The van der Waals surface area contributed by atoms with Gasteiger partial charge in [-0.25, -0.2) is 0 Å². The van der Waals surface area contributed by atoms with Crippen LogP contribution in [0, 0.1) is 6.92 Å².